The van der Waals surface area contributed by atoms with E-state index in [2.05, 4.69) is 24.9 Å². The number of nitriles is 1. The van der Waals surface area contributed by atoms with Crippen LogP contribution in [0.4, 0.5) is 0 Å². The maximum absolute atomic E-state index is 12.3. The van der Waals surface area contributed by atoms with Gasteiger partial charge in [-0.2, -0.15) is 5.26 Å². The van der Waals surface area contributed by atoms with Crippen molar-refractivity contribution in [1.82, 2.24) is 9.88 Å². The van der Waals surface area contributed by atoms with Crippen LogP contribution in [0.5, 0.6) is 0 Å². The number of hydrogen-bond acceptors (Lipinski definition) is 4. The van der Waals surface area contributed by atoms with Crippen LogP contribution in [0.2, 0.25) is 0 Å². The molecule has 1 rings (SSSR count). The number of nitrogens with one attached hydrogen (secondary N) is 1. The van der Waals surface area contributed by atoms with Gasteiger partial charge in [0.1, 0.15) is 0 Å². The van der Waals surface area contributed by atoms with Gasteiger partial charge in [0, 0.05) is 23.7 Å². The lowest BCUT2D eigenvalue weighted by atomic mass is 10.2. The van der Waals surface area contributed by atoms with Crippen LogP contribution in [0.1, 0.15) is 30.8 Å². The Bertz CT molecular complexity index is 525. The summed E-state index contributed by atoms with van der Waals surface area (Å²) >= 11 is 6.52. The number of H-pyrrole nitrogens is 1. The number of nitrogens with zero attached hydrogens (tertiary/aromatic N) is 2. The van der Waals surface area contributed by atoms with Crippen LogP contribution in [0.3, 0.4) is 0 Å². The lowest BCUT2D eigenvalue weighted by Gasteiger charge is -2.23. The van der Waals surface area contributed by atoms with Gasteiger partial charge in [0.15, 0.2) is 3.95 Å². The maximum Gasteiger partial charge on any atom is 0.227 e. The molecule has 0 aromatic carbocycles. The van der Waals surface area contributed by atoms with Crippen LogP contribution in [0, 0.1) is 28.1 Å². The minimum Gasteiger partial charge on any atom is -0.341 e. The molecular formula is C13H19N3OS2. The number of carbonyl (C=O) groups excluding carboxylic acids is 1. The average Bonchev–Trinajstić information content (AvgIpc) is 2.62. The Morgan fingerprint density at radius 3 is 2.74 bits per heavy atom. The van der Waals surface area contributed by atoms with Crippen LogP contribution >= 0.6 is 23.6 Å². The van der Waals surface area contributed by atoms with E-state index in [-0.39, 0.29) is 5.91 Å². The molecule has 1 amide bonds. The Morgan fingerprint density at radius 2 is 2.26 bits per heavy atom. The number of aryl methyl sites for hydroxylation is 1. The Kier molecular flexibility index (Phi) is 6.19. The van der Waals surface area contributed by atoms with Crippen LogP contribution in [0.25, 0.3) is 0 Å². The summed E-state index contributed by atoms with van der Waals surface area (Å²) in [6, 6.07) is 2.09. The van der Waals surface area contributed by atoms with Crippen LogP contribution in [-0.2, 0) is 11.2 Å². The molecule has 0 aliphatic heterocycles. The first kappa shape index (κ1) is 15.9. The summed E-state index contributed by atoms with van der Waals surface area (Å²) in [5, 5.41) is 8.66. The number of thiazole rings is 1. The maximum atomic E-state index is 12.3. The second-order valence-corrected chi connectivity index (χ2v) is 6.65. The predicted octanol–water partition coefficient (Wildman–Crippen LogP) is 3.05. The molecule has 6 heteroatoms. The van der Waals surface area contributed by atoms with E-state index in [1.165, 1.54) is 11.3 Å². The van der Waals surface area contributed by atoms with E-state index in [1.807, 2.05) is 6.92 Å². The first-order chi connectivity index (χ1) is 8.93. The Morgan fingerprint density at radius 1 is 1.58 bits per heavy atom. The number of hydrogen-bond donors (Lipinski definition) is 1. The lowest BCUT2D eigenvalue weighted by Crippen LogP contribution is -2.36. The van der Waals surface area contributed by atoms with Gasteiger partial charge in [-0.05, 0) is 25.1 Å². The molecule has 0 atom stereocenters. The minimum atomic E-state index is 0.0669. The summed E-state index contributed by atoms with van der Waals surface area (Å²) in [5.41, 5.74) is 0.966. The smallest absolute Gasteiger partial charge is 0.227 e. The zero-order valence-corrected chi connectivity index (χ0v) is 13.2. The highest BCUT2D eigenvalue weighted by Gasteiger charge is 2.17. The quantitative estimate of drug-likeness (QED) is 0.821. The fourth-order valence-corrected chi connectivity index (χ4v) is 3.08. The second-order valence-electron chi connectivity index (χ2n) is 4.88. The predicted molar refractivity (Wildman–Crippen MR) is 79.6 cm³/mol. The molecule has 0 unspecified atom stereocenters. The van der Waals surface area contributed by atoms with E-state index in [0.717, 1.165) is 10.6 Å². The van der Waals surface area contributed by atoms with Crippen molar-refractivity contribution in [2.24, 2.45) is 5.92 Å². The topological polar surface area (TPSA) is 59.9 Å². The zero-order chi connectivity index (χ0) is 14.4. The van der Waals surface area contributed by atoms with Crippen molar-refractivity contribution in [3.8, 4) is 6.07 Å². The van der Waals surface area contributed by atoms with E-state index < -0.39 is 0 Å². The fourth-order valence-electron chi connectivity index (χ4n) is 1.80. The van der Waals surface area contributed by atoms with Crippen molar-refractivity contribution >= 4 is 29.5 Å². The normalized spacial score (nSPS) is 10.5. The third-order valence-corrected chi connectivity index (χ3v) is 4.00. The van der Waals surface area contributed by atoms with Gasteiger partial charge in [-0.3, -0.25) is 4.79 Å². The summed E-state index contributed by atoms with van der Waals surface area (Å²) in [5.74, 6) is 0.463. The van der Waals surface area contributed by atoms with Crippen LogP contribution < -0.4 is 0 Å². The van der Waals surface area contributed by atoms with Crippen molar-refractivity contribution in [3.63, 3.8) is 0 Å². The van der Waals surface area contributed by atoms with Crippen molar-refractivity contribution in [2.45, 2.75) is 33.6 Å². The highest BCUT2D eigenvalue weighted by atomic mass is 32.1. The van der Waals surface area contributed by atoms with E-state index in [1.54, 1.807) is 4.90 Å². The first-order valence-corrected chi connectivity index (χ1v) is 7.49. The molecule has 1 aromatic rings. The highest BCUT2D eigenvalue weighted by Crippen LogP contribution is 2.16. The fraction of sp³-hybridized carbons (Fsp3) is 0.615. The summed E-state index contributed by atoms with van der Waals surface area (Å²) < 4.78 is 0.702. The SMILES string of the molecule is Cc1[nH]c(=S)sc1CC(=O)N(CCC#N)CC(C)C. The molecule has 0 spiro atoms. The zero-order valence-electron chi connectivity index (χ0n) is 11.5. The molecule has 4 nitrogen and oxygen atoms in total. The number of rotatable bonds is 6. The summed E-state index contributed by atoms with van der Waals surface area (Å²) in [7, 11) is 0. The van der Waals surface area contributed by atoms with Gasteiger partial charge in [0.05, 0.1) is 18.9 Å². The molecular weight excluding hydrogens is 278 g/mol. The average molecular weight is 297 g/mol. The van der Waals surface area contributed by atoms with E-state index in [9.17, 15) is 4.79 Å². The van der Waals surface area contributed by atoms with Gasteiger partial charge in [0.2, 0.25) is 5.91 Å². The van der Waals surface area contributed by atoms with Gasteiger partial charge < -0.3 is 9.88 Å². The summed E-state index contributed by atoms with van der Waals surface area (Å²) in [6.45, 7) is 7.26. The van der Waals surface area contributed by atoms with Crippen molar-refractivity contribution in [1.29, 1.82) is 5.26 Å². The molecule has 19 heavy (non-hydrogen) atoms. The van der Waals surface area contributed by atoms with Crippen LogP contribution in [0.15, 0.2) is 0 Å². The molecule has 0 saturated carbocycles. The third kappa shape index (κ3) is 5.13. The molecule has 0 bridgehead atoms. The Hall–Kier alpha value is -1.19. The standard InChI is InChI=1S/C13H19N3OS2/c1-9(2)8-16(6-4-5-14)12(17)7-11-10(3)15-13(18)19-11/h9H,4,6-8H2,1-3H3,(H,15,18). The van der Waals surface area contributed by atoms with Gasteiger partial charge in [-0.15, -0.1) is 11.3 Å². The number of carbonyl (C=O) groups is 1. The molecule has 1 heterocycles. The van der Waals surface area contributed by atoms with Crippen molar-refractivity contribution < 1.29 is 4.79 Å². The Labute approximate surface area is 123 Å². The van der Waals surface area contributed by atoms with Gasteiger partial charge in [-0.25, -0.2) is 0 Å². The molecule has 0 saturated heterocycles. The molecule has 0 radical (unpaired) electrons. The van der Waals surface area contributed by atoms with Gasteiger partial charge >= 0.3 is 0 Å². The second kappa shape index (κ2) is 7.41. The first-order valence-electron chi connectivity index (χ1n) is 6.27. The molecule has 0 aliphatic rings. The van der Waals surface area contributed by atoms with Gasteiger partial charge in [0.25, 0.3) is 0 Å². The molecule has 1 N–H and O–H groups in total. The van der Waals surface area contributed by atoms with Crippen molar-refractivity contribution in [2.75, 3.05) is 13.1 Å². The summed E-state index contributed by atoms with van der Waals surface area (Å²) in [6.07, 6.45) is 0.738. The van der Waals surface area contributed by atoms with E-state index >= 15 is 0 Å². The number of amides is 1. The van der Waals surface area contributed by atoms with Crippen molar-refractivity contribution in [3.05, 3.63) is 14.5 Å². The van der Waals surface area contributed by atoms with Gasteiger partial charge in [-0.1, -0.05) is 13.8 Å². The minimum absolute atomic E-state index is 0.0669. The van der Waals surface area contributed by atoms with Crippen LogP contribution in [-0.4, -0.2) is 28.9 Å². The monoisotopic (exact) mass is 297 g/mol. The lowest BCUT2D eigenvalue weighted by molar-refractivity contribution is -0.130. The molecule has 0 fully saturated rings. The van der Waals surface area contributed by atoms with E-state index in [4.69, 9.17) is 17.5 Å². The number of aromatic nitrogens is 1. The molecule has 104 valence electrons. The molecule has 0 aliphatic carbocycles. The highest BCUT2D eigenvalue weighted by molar-refractivity contribution is 7.73. The largest absolute Gasteiger partial charge is 0.341 e. The Balaban J connectivity index is 2.73. The third-order valence-electron chi connectivity index (χ3n) is 2.67. The molecule has 1 aromatic heterocycles. The summed E-state index contributed by atoms with van der Waals surface area (Å²) in [4.78, 5) is 18.1. The van der Waals surface area contributed by atoms with E-state index in [0.29, 0.717) is 35.8 Å². The number of aromatic amines is 1.